The fourth-order valence-electron chi connectivity index (χ4n) is 1.87. The maximum absolute atomic E-state index is 9.01. The summed E-state index contributed by atoms with van der Waals surface area (Å²) >= 11 is 1.72. The first kappa shape index (κ1) is 10.1. The standard InChI is InChI=1S/C10H16N2OS/c13-7-9-1-3-12(4-2-9)6-10-5-11-8-14-10/h5,8-9,13H,1-4,6-7H2. The smallest absolute Gasteiger partial charge is 0.0794 e. The second-order valence-corrected chi connectivity index (χ2v) is 4.84. The van der Waals surface area contributed by atoms with E-state index < -0.39 is 0 Å². The first-order chi connectivity index (χ1) is 6.88. The third-order valence-corrected chi connectivity index (χ3v) is 3.59. The zero-order valence-electron chi connectivity index (χ0n) is 8.22. The average molecular weight is 212 g/mol. The van der Waals surface area contributed by atoms with Crippen LogP contribution in [0.15, 0.2) is 11.7 Å². The van der Waals surface area contributed by atoms with Crippen molar-refractivity contribution in [3.05, 3.63) is 16.6 Å². The maximum atomic E-state index is 9.01. The lowest BCUT2D eigenvalue weighted by Crippen LogP contribution is -2.34. The highest BCUT2D eigenvalue weighted by Crippen LogP contribution is 2.19. The zero-order valence-corrected chi connectivity index (χ0v) is 9.04. The summed E-state index contributed by atoms with van der Waals surface area (Å²) in [6, 6.07) is 0. The van der Waals surface area contributed by atoms with Gasteiger partial charge in [-0.05, 0) is 31.8 Å². The van der Waals surface area contributed by atoms with Gasteiger partial charge >= 0.3 is 0 Å². The number of hydrogen-bond acceptors (Lipinski definition) is 4. The molecule has 14 heavy (non-hydrogen) atoms. The second kappa shape index (κ2) is 4.87. The fourth-order valence-corrected chi connectivity index (χ4v) is 2.50. The molecule has 1 aliphatic heterocycles. The lowest BCUT2D eigenvalue weighted by molar-refractivity contribution is 0.128. The molecular formula is C10H16N2OS. The van der Waals surface area contributed by atoms with Crippen LogP contribution in [-0.2, 0) is 6.54 Å². The Balaban J connectivity index is 1.79. The van der Waals surface area contributed by atoms with E-state index in [1.54, 1.807) is 11.3 Å². The van der Waals surface area contributed by atoms with Gasteiger partial charge in [-0.3, -0.25) is 9.88 Å². The van der Waals surface area contributed by atoms with Crippen LogP contribution in [0.3, 0.4) is 0 Å². The van der Waals surface area contributed by atoms with Gasteiger partial charge in [-0.25, -0.2) is 0 Å². The molecule has 1 aromatic heterocycles. The Hall–Kier alpha value is -0.450. The third kappa shape index (κ3) is 2.53. The molecule has 0 bridgehead atoms. The predicted octanol–water partition coefficient (Wildman–Crippen LogP) is 1.35. The molecule has 0 aliphatic carbocycles. The number of thiazole rings is 1. The van der Waals surface area contributed by atoms with E-state index in [0.29, 0.717) is 12.5 Å². The van der Waals surface area contributed by atoms with Crippen LogP contribution >= 0.6 is 11.3 Å². The molecule has 3 nitrogen and oxygen atoms in total. The van der Waals surface area contributed by atoms with E-state index in [1.807, 2.05) is 11.7 Å². The van der Waals surface area contributed by atoms with Gasteiger partial charge in [0.25, 0.3) is 0 Å². The molecule has 0 radical (unpaired) electrons. The van der Waals surface area contributed by atoms with Gasteiger partial charge in [0.2, 0.25) is 0 Å². The molecule has 1 saturated heterocycles. The van der Waals surface area contributed by atoms with Gasteiger partial charge in [0, 0.05) is 24.2 Å². The van der Waals surface area contributed by atoms with Gasteiger partial charge in [-0.2, -0.15) is 0 Å². The summed E-state index contributed by atoms with van der Waals surface area (Å²) in [5.74, 6) is 0.535. The minimum Gasteiger partial charge on any atom is -0.396 e. The van der Waals surface area contributed by atoms with Crippen LogP contribution in [0.4, 0.5) is 0 Å². The Morgan fingerprint density at radius 2 is 2.29 bits per heavy atom. The molecule has 0 saturated carbocycles. The molecule has 4 heteroatoms. The quantitative estimate of drug-likeness (QED) is 0.821. The van der Waals surface area contributed by atoms with Gasteiger partial charge < -0.3 is 5.11 Å². The van der Waals surface area contributed by atoms with E-state index in [9.17, 15) is 0 Å². The summed E-state index contributed by atoms with van der Waals surface area (Å²) < 4.78 is 0. The summed E-state index contributed by atoms with van der Waals surface area (Å²) in [6.45, 7) is 3.61. The Bertz CT molecular complexity index is 255. The number of aliphatic hydroxyl groups excluding tert-OH is 1. The van der Waals surface area contributed by atoms with E-state index in [0.717, 1.165) is 32.5 Å². The highest BCUT2D eigenvalue weighted by molar-refractivity contribution is 7.09. The maximum Gasteiger partial charge on any atom is 0.0794 e. The van der Waals surface area contributed by atoms with Crippen LogP contribution in [0.2, 0.25) is 0 Å². The second-order valence-electron chi connectivity index (χ2n) is 3.87. The van der Waals surface area contributed by atoms with E-state index in [-0.39, 0.29) is 0 Å². The van der Waals surface area contributed by atoms with Crippen molar-refractivity contribution >= 4 is 11.3 Å². The van der Waals surface area contributed by atoms with Gasteiger partial charge in [0.1, 0.15) is 0 Å². The van der Waals surface area contributed by atoms with Gasteiger partial charge in [0.15, 0.2) is 0 Å². The monoisotopic (exact) mass is 212 g/mol. The molecule has 78 valence electrons. The van der Waals surface area contributed by atoms with Crippen molar-refractivity contribution in [3.63, 3.8) is 0 Å². The minimum atomic E-state index is 0.356. The molecular weight excluding hydrogens is 196 g/mol. The summed E-state index contributed by atoms with van der Waals surface area (Å²) in [5.41, 5.74) is 1.88. The molecule has 1 fully saturated rings. The molecule has 0 unspecified atom stereocenters. The van der Waals surface area contributed by atoms with Crippen LogP contribution in [-0.4, -0.2) is 34.7 Å². The fraction of sp³-hybridized carbons (Fsp3) is 0.700. The molecule has 0 spiro atoms. The van der Waals surface area contributed by atoms with Crippen LogP contribution in [0.5, 0.6) is 0 Å². The van der Waals surface area contributed by atoms with Crippen LogP contribution in [0, 0.1) is 5.92 Å². The molecule has 2 rings (SSSR count). The van der Waals surface area contributed by atoms with E-state index in [1.165, 1.54) is 4.88 Å². The number of rotatable bonds is 3. The van der Waals surface area contributed by atoms with Gasteiger partial charge in [0.05, 0.1) is 5.51 Å². The minimum absolute atomic E-state index is 0.356. The highest BCUT2D eigenvalue weighted by atomic mass is 32.1. The molecule has 1 aliphatic rings. The normalized spacial score (nSPS) is 20.1. The Morgan fingerprint density at radius 3 is 2.86 bits per heavy atom. The predicted molar refractivity (Wildman–Crippen MR) is 57.2 cm³/mol. The SMILES string of the molecule is OCC1CCN(Cc2cncs2)CC1. The van der Waals surface area contributed by atoms with Crippen molar-refractivity contribution in [1.82, 2.24) is 9.88 Å². The number of likely N-dealkylation sites (tertiary alicyclic amines) is 1. The van der Waals surface area contributed by atoms with E-state index in [2.05, 4.69) is 9.88 Å². The summed E-state index contributed by atoms with van der Waals surface area (Å²) in [6.07, 6.45) is 4.22. The molecule has 2 heterocycles. The average Bonchev–Trinajstić information content (AvgIpc) is 2.72. The van der Waals surface area contributed by atoms with Crippen molar-refractivity contribution in [2.24, 2.45) is 5.92 Å². The Morgan fingerprint density at radius 1 is 1.50 bits per heavy atom. The summed E-state index contributed by atoms with van der Waals surface area (Å²) in [4.78, 5) is 7.85. The number of piperidine rings is 1. The number of aromatic nitrogens is 1. The number of aliphatic hydroxyl groups is 1. The first-order valence-corrected chi connectivity index (χ1v) is 5.97. The van der Waals surface area contributed by atoms with Crippen LogP contribution in [0.25, 0.3) is 0 Å². The number of nitrogens with zero attached hydrogens (tertiary/aromatic N) is 2. The molecule has 0 aromatic carbocycles. The van der Waals surface area contributed by atoms with Crippen molar-refractivity contribution in [1.29, 1.82) is 0 Å². The van der Waals surface area contributed by atoms with Gasteiger partial charge in [-0.1, -0.05) is 0 Å². The van der Waals surface area contributed by atoms with E-state index >= 15 is 0 Å². The number of hydrogen-bond donors (Lipinski definition) is 1. The van der Waals surface area contributed by atoms with Crippen molar-refractivity contribution in [3.8, 4) is 0 Å². The van der Waals surface area contributed by atoms with Gasteiger partial charge in [-0.15, -0.1) is 11.3 Å². The molecule has 1 N–H and O–H groups in total. The first-order valence-electron chi connectivity index (χ1n) is 5.09. The van der Waals surface area contributed by atoms with Crippen molar-refractivity contribution < 1.29 is 5.11 Å². The van der Waals surface area contributed by atoms with Crippen LogP contribution in [0.1, 0.15) is 17.7 Å². The summed E-state index contributed by atoms with van der Waals surface area (Å²) in [5, 5.41) is 9.01. The van der Waals surface area contributed by atoms with Crippen molar-refractivity contribution in [2.45, 2.75) is 19.4 Å². The lowest BCUT2D eigenvalue weighted by atomic mass is 9.98. The zero-order chi connectivity index (χ0) is 9.80. The highest BCUT2D eigenvalue weighted by Gasteiger charge is 2.18. The molecule has 0 atom stereocenters. The molecule has 0 amide bonds. The van der Waals surface area contributed by atoms with E-state index in [4.69, 9.17) is 5.11 Å². The van der Waals surface area contributed by atoms with Crippen LogP contribution < -0.4 is 0 Å². The third-order valence-electron chi connectivity index (χ3n) is 2.83. The Labute approximate surface area is 88.4 Å². The molecule has 1 aromatic rings. The van der Waals surface area contributed by atoms with Crippen molar-refractivity contribution in [2.75, 3.05) is 19.7 Å². The Kier molecular flexibility index (Phi) is 3.50. The summed E-state index contributed by atoms with van der Waals surface area (Å²) in [7, 11) is 0. The topological polar surface area (TPSA) is 36.4 Å². The largest absolute Gasteiger partial charge is 0.396 e. The lowest BCUT2D eigenvalue weighted by Gasteiger charge is -2.30.